The molecule has 0 atom stereocenters. The lowest BCUT2D eigenvalue weighted by Gasteiger charge is -2.28. The summed E-state index contributed by atoms with van der Waals surface area (Å²) in [7, 11) is -3.10. The molecular formula is C52H34OSi. The van der Waals surface area contributed by atoms with Gasteiger partial charge in [-0.2, -0.15) is 0 Å². The average molecular weight is 703 g/mol. The van der Waals surface area contributed by atoms with Gasteiger partial charge in [0.1, 0.15) is 11.2 Å². The lowest BCUT2D eigenvalue weighted by Crippen LogP contribution is -2.66. The van der Waals surface area contributed by atoms with Crippen LogP contribution in [0.1, 0.15) is 5.56 Å². The molecular weight excluding hydrogens is 669 g/mol. The third-order valence-electron chi connectivity index (χ3n) is 10.8. The molecule has 9 aromatic carbocycles. The normalized spacial score (nSPS) is 11.6. The first-order chi connectivity index (χ1) is 26.8. The Kier molecular flexibility index (Phi) is 7.80. The lowest BCUT2D eigenvalue weighted by atomic mass is 9.87. The van der Waals surface area contributed by atoms with E-state index in [-0.39, 0.29) is 0 Å². The zero-order valence-corrected chi connectivity index (χ0v) is 30.5. The number of rotatable bonds is 5. The van der Waals surface area contributed by atoms with Crippen LogP contribution in [0.2, 0.25) is 0 Å². The van der Waals surface area contributed by atoms with Crippen LogP contribution in [-0.4, -0.2) is 8.07 Å². The predicted molar refractivity (Wildman–Crippen MR) is 230 cm³/mol. The van der Waals surface area contributed by atoms with E-state index in [1.165, 1.54) is 43.4 Å². The van der Waals surface area contributed by atoms with Gasteiger partial charge in [-0.1, -0.05) is 200 Å². The summed E-state index contributed by atoms with van der Waals surface area (Å²) in [6, 6.07) is 73.9. The molecule has 10 aromatic rings. The Labute approximate surface area is 315 Å². The smallest absolute Gasteiger partial charge is 0.233 e. The number of fused-ring (bicyclic) bond motifs is 5. The topological polar surface area (TPSA) is 13.1 Å². The van der Waals surface area contributed by atoms with Crippen molar-refractivity contribution in [3.8, 4) is 33.7 Å². The number of benzene rings is 9. The van der Waals surface area contributed by atoms with Crippen molar-refractivity contribution in [1.29, 1.82) is 0 Å². The molecule has 252 valence electrons. The Morgan fingerprint density at radius 2 is 0.907 bits per heavy atom. The molecule has 0 saturated heterocycles. The van der Waals surface area contributed by atoms with Crippen LogP contribution in [0.4, 0.5) is 0 Å². The maximum Gasteiger partial charge on any atom is 0.233 e. The van der Waals surface area contributed by atoms with Crippen molar-refractivity contribution in [3.63, 3.8) is 0 Å². The molecule has 0 aliphatic heterocycles. The number of furan rings is 1. The number of hydrogen-bond acceptors (Lipinski definition) is 1. The van der Waals surface area contributed by atoms with E-state index in [2.05, 4.69) is 212 Å². The Morgan fingerprint density at radius 1 is 0.370 bits per heavy atom. The first kappa shape index (κ1) is 31.8. The quantitative estimate of drug-likeness (QED) is 0.0753. The summed E-state index contributed by atoms with van der Waals surface area (Å²) in [6.07, 6.45) is 0. The predicted octanol–water partition coefficient (Wildman–Crippen LogP) is 11.3. The van der Waals surface area contributed by atoms with Gasteiger partial charge in [0, 0.05) is 21.5 Å². The van der Waals surface area contributed by atoms with Crippen molar-refractivity contribution < 1.29 is 4.42 Å². The van der Waals surface area contributed by atoms with Crippen molar-refractivity contribution in [2.24, 2.45) is 0 Å². The minimum Gasteiger partial charge on any atom is -0.456 e. The third kappa shape index (κ3) is 5.18. The molecule has 0 N–H and O–H groups in total. The lowest BCUT2D eigenvalue weighted by molar-refractivity contribution is 0.671. The van der Waals surface area contributed by atoms with Crippen LogP contribution in [-0.2, 0) is 0 Å². The Balaban J connectivity index is 1.34. The summed E-state index contributed by atoms with van der Waals surface area (Å²) in [5.74, 6) is 3.97. The fourth-order valence-electron chi connectivity index (χ4n) is 8.30. The van der Waals surface area contributed by atoms with E-state index in [4.69, 9.17) is 4.42 Å². The first-order valence-electron chi connectivity index (χ1n) is 18.4. The fraction of sp³-hybridized carbons (Fsp3) is 0. The van der Waals surface area contributed by atoms with Crippen LogP contribution in [0.5, 0.6) is 0 Å². The summed E-state index contributed by atoms with van der Waals surface area (Å²) < 4.78 is 6.81. The first-order valence-corrected chi connectivity index (χ1v) is 20.4. The molecule has 10 rings (SSSR count). The van der Waals surface area contributed by atoms with Crippen molar-refractivity contribution >= 4 is 67.1 Å². The second-order valence-corrected chi connectivity index (χ2v) is 17.2. The molecule has 1 heterocycles. The highest BCUT2D eigenvalue weighted by Gasteiger charge is 2.41. The maximum absolute atomic E-state index is 6.81. The van der Waals surface area contributed by atoms with Crippen LogP contribution >= 0.6 is 0 Å². The minimum atomic E-state index is -3.10. The standard InChI is InChI=1S/C52H34OSi/c1-5-18-37(19-6-1)39-32-33-43-44(42-26-13-14-28-46(42)51(48(43)36-39)38-20-7-2-8-21-38)34-35-54(40-22-9-3-10-23-40,41-24-11-4-12-25-41)50-31-17-29-47-45-27-15-16-30-49(45)53-52(47)50/h1-33,36H. The van der Waals surface area contributed by atoms with Crippen molar-refractivity contribution in [2.45, 2.75) is 0 Å². The molecule has 0 aliphatic rings. The molecule has 0 radical (unpaired) electrons. The summed E-state index contributed by atoms with van der Waals surface area (Å²) in [5.41, 5.74) is 11.8. The molecule has 0 amide bonds. The van der Waals surface area contributed by atoms with Crippen LogP contribution in [0.3, 0.4) is 0 Å². The van der Waals surface area contributed by atoms with Gasteiger partial charge in [0.05, 0.1) is 0 Å². The maximum atomic E-state index is 6.81. The van der Waals surface area contributed by atoms with Gasteiger partial charge in [-0.05, 0) is 66.3 Å². The van der Waals surface area contributed by atoms with Gasteiger partial charge in [0.2, 0.25) is 8.07 Å². The van der Waals surface area contributed by atoms with Crippen LogP contribution in [0.15, 0.2) is 211 Å². The van der Waals surface area contributed by atoms with Crippen LogP contribution < -0.4 is 15.6 Å². The second kappa shape index (κ2) is 13.2. The molecule has 0 aliphatic carbocycles. The highest BCUT2D eigenvalue weighted by atomic mass is 28.3. The monoisotopic (exact) mass is 702 g/mol. The van der Waals surface area contributed by atoms with Gasteiger partial charge in [0.25, 0.3) is 0 Å². The van der Waals surface area contributed by atoms with Crippen molar-refractivity contribution in [2.75, 3.05) is 0 Å². The molecule has 0 saturated carbocycles. The van der Waals surface area contributed by atoms with E-state index in [1.807, 2.05) is 6.07 Å². The van der Waals surface area contributed by atoms with E-state index in [1.54, 1.807) is 0 Å². The fourth-order valence-corrected chi connectivity index (χ4v) is 12.3. The molecule has 1 nitrogen and oxygen atoms in total. The third-order valence-corrected chi connectivity index (χ3v) is 14.9. The van der Waals surface area contributed by atoms with Crippen LogP contribution in [0, 0.1) is 11.5 Å². The van der Waals surface area contributed by atoms with Crippen molar-refractivity contribution in [1.82, 2.24) is 0 Å². The molecule has 0 bridgehead atoms. The number of para-hydroxylation sites is 2. The summed E-state index contributed by atoms with van der Waals surface area (Å²) in [6.45, 7) is 0. The van der Waals surface area contributed by atoms with Gasteiger partial charge in [0.15, 0.2) is 0 Å². The molecule has 2 heteroatoms. The van der Waals surface area contributed by atoms with E-state index in [0.29, 0.717) is 0 Å². The Hall–Kier alpha value is -6.92. The average Bonchev–Trinajstić information content (AvgIpc) is 3.64. The zero-order valence-electron chi connectivity index (χ0n) is 29.5. The van der Waals surface area contributed by atoms with Gasteiger partial charge >= 0.3 is 0 Å². The molecule has 0 unspecified atom stereocenters. The Bertz CT molecular complexity index is 2990. The van der Waals surface area contributed by atoms with Gasteiger partial charge < -0.3 is 4.42 Å². The van der Waals surface area contributed by atoms with Gasteiger partial charge in [-0.25, -0.2) is 0 Å². The van der Waals surface area contributed by atoms with Crippen LogP contribution in [0.25, 0.3) is 65.7 Å². The van der Waals surface area contributed by atoms with E-state index < -0.39 is 8.07 Å². The molecule has 0 spiro atoms. The Morgan fingerprint density at radius 3 is 1.59 bits per heavy atom. The SMILES string of the molecule is C(#C[Si](c1ccccc1)(c1ccccc1)c1cccc2c1oc1ccccc12)c1c2ccccc2c(-c2ccccc2)c2cc(-c3ccccc3)ccc12. The summed E-state index contributed by atoms with van der Waals surface area (Å²) >= 11 is 0. The molecule has 1 aromatic heterocycles. The highest BCUT2D eigenvalue weighted by Crippen LogP contribution is 2.41. The van der Waals surface area contributed by atoms with Crippen molar-refractivity contribution in [3.05, 3.63) is 212 Å². The summed E-state index contributed by atoms with van der Waals surface area (Å²) in [5, 5.41) is 10.5. The van der Waals surface area contributed by atoms with E-state index in [0.717, 1.165) is 43.5 Å². The molecule has 54 heavy (non-hydrogen) atoms. The van der Waals surface area contributed by atoms with Gasteiger partial charge in [-0.15, -0.1) is 5.54 Å². The highest BCUT2D eigenvalue weighted by molar-refractivity contribution is 7.17. The zero-order chi connectivity index (χ0) is 35.9. The van der Waals surface area contributed by atoms with E-state index >= 15 is 0 Å². The molecule has 0 fully saturated rings. The minimum absolute atomic E-state index is 0.889. The number of hydrogen-bond donors (Lipinski definition) is 0. The summed E-state index contributed by atoms with van der Waals surface area (Å²) in [4.78, 5) is 0. The van der Waals surface area contributed by atoms with Gasteiger partial charge in [-0.3, -0.25) is 0 Å². The van der Waals surface area contributed by atoms with E-state index in [9.17, 15) is 0 Å². The second-order valence-electron chi connectivity index (χ2n) is 13.8. The largest absolute Gasteiger partial charge is 0.456 e.